The number of amides is 1. The summed E-state index contributed by atoms with van der Waals surface area (Å²) >= 11 is 3.63. The maximum atomic E-state index is 13.7. The molecule has 108 valence electrons. The van der Waals surface area contributed by atoms with Crippen LogP contribution in [0.4, 0.5) is 10.1 Å². The van der Waals surface area contributed by atoms with Crippen LogP contribution >= 0.6 is 15.9 Å². The topological polar surface area (TPSA) is 20.3 Å². The van der Waals surface area contributed by atoms with Gasteiger partial charge in [-0.2, -0.15) is 0 Å². The molecule has 0 radical (unpaired) electrons. The Bertz CT molecular complexity index is 729. The second-order valence-corrected chi connectivity index (χ2v) is 6.30. The van der Waals surface area contributed by atoms with E-state index in [4.69, 9.17) is 0 Å². The lowest BCUT2D eigenvalue weighted by atomic mass is 10.0. The zero-order chi connectivity index (χ0) is 15.1. The third kappa shape index (κ3) is 2.48. The van der Waals surface area contributed by atoms with Gasteiger partial charge in [0.05, 0.1) is 11.2 Å². The molecular formula is C17H15BrFNO. The number of aryl methyl sites for hydroxylation is 1. The van der Waals surface area contributed by atoms with Gasteiger partial charge in [0.25, 0.3) is 0 Å². The number of carbonyl (C=O) groups is 1. The molecule has 2 aromatic rings. The number of hydrogen-bond acceptors (Lipinski definition) is 1. The van der Waals surface area contributed by atoms with E-state index >= 15 is 0 Å². The fraction of sp³-hybridized carbons (Fsp3) is 0.235. The highest BCUT2D eigenvalue weighted by Gasteiger charge is 2.25. The van der Waals surface area contributed by atoms with Crippen LogP contribution in [-0.4, -0.2) is 13.0 Å². The van der Waals surface area contributed by atoms with Gasteiger partial charge in [-0.05, 0) is 41.3 Å². The minimum absolute atomic E-state index is 0.0843. The Balaban J connectivity index is 1.96. The van der Waals surface area contributed by atoms with E-state index in [9.17, 15) is 9.18 Å². The van der Waals surface area contributed by atoms with E-state index < -0.39 is 0 Å². The Labute approximate surface area is 131 Å². The normalized spacial score (nSPS) is 15.2. The summed E-state index contributed by atoms with van der Waals surface area (Å²) < 4.78 is 13.7. The molecule has 0 spiro atoms. The Morgan fingerprint density at radius 3 is 2.57 bits per heavy atom. The first-order valence-electron chi connectivity index (χ1n) is 6.77. The molecule has 0 fully saturated rings. The van der Waals surface area contributed by atoms with Gasteiger partial charge in [0.15, 0.2) is 0 Å². The van der Waals surface area contributed by atoms with Crippen LogP contribution in [0.5, 0.6) is 0 Å². The SMILES string of the molecule is Cc1ccc(C(Br)c2ccc3c(c2)CC(=O)N3C)cc1F. The van der Waals surface area contributed by atoms with Crippen molar-refractivity contribution in [3.05, 3.63) is 64.5 Å². The summed E-state index contributed by atoms with van der Waals surface area (Å²) in [5, 5.41) is 0. The Morgan fingerprint density at radius 2 is 1.86 bits per heavy atom. The van der Waals surface area contributed by atoms with E-state index in [0.717, 1.165) is 22.4 Å². The van der Waals surface area contributed by atoms with Crippen LogP contribution in [0, 0.1) is 12.7 Å². The van der Waals surface area contributed by atoms with Gasteiger partial charge in [-0.15, -0.1) is 0 Å². The van der Waals surface area contributed by atoms with Crippen molar-refractivity contribution in [3.8, 4) is 0 Å². The molecule has 2 aromatic carbocycles. The third-order valence-electron chi connectivity index (χ3n) is 3.96. The molecule has 0 bridgehead atoms. The maximum absolute atomic E-state index is 13.7. The lowest BCUT2D eigenvalue weighted by Crippen LogP contribution is -2.20. The van der Waals surface area contributed by atoms with Gasteiger partial charge in [0, 0.05) is 12.7 Å². The van der Waals surface area contributed by atoms with E-state index in [1.54, 1.807) is 31.0 Å². The molecule has 1 aliphatic heterocycles. The Kier molecular flexibility index (Phi) is 3.57. The van der Waals surface area contributed by atoms with Crippen molar-refractivity contribution in [1.82, 2.24) is 0 Å². The van der Waals surface area contributed by atoms with Gasteiger partial charge in [0.1, 0.15) is 5.82 Å². The molecule has 1 amide bonds. The zero-order valence-corrected chi connectivity index (χ0v) is 13.4. The van der Waals surface area contributed by atoms with Gasteiger partial charge in [-0.1, -0.05) is 40.2 Å². The molecule has 1 heterocycles. The molecule has 0 aromatic heterocycles. The summed E-state index contributed by atoms with van der Waals surface area (Å²) in [6, 6.07) is 11.2. The van der Waals surface area contributed by atoms with E-state index in [0.29, 0.717) is 12.0 Å². The summed E-state index contributed by atoms with van der Waals surface area (Å²) in [4.78, 5) is 13.3. The molecule has 1 unspecified atom stereocenters. The summed E-state index contributed by atoms with van der Waals surface area (Å²) in [5.41, 5.74) is 4.52. The van der Waals surface area contributed by atoms with Crippen LogP contribution in [0.1, 0.15) is 27.1 Å². The number of benzene rings is 2. The van der Waals surface area contributed by atoms with Crippen LogP contribution < -0.4 is 4.90 Å². The summed E-state index contributed by atoms with van der Waals surface area (Å²) in [7, 11) is 1.79. The number of alkyl halides is 1. The van der Waals surface area contributed by atoms with Crippen molar-refractivity contribution in [2.24, 2.45) is 0 Å². The third-order valence-corrected chi connectivity index (χ3v) is 5.02. The van der Waals surface area contributed by atoms with Gasteiger partial charge in [-0.3, -0.25) is 4.79 Å². The minimum Gasteiger partial charge on any atom is -0.315 e. The molecule has 1 atom stereocenters. The van der Waals surface area contributed by atoms with Gasteiger partial charge in [0.2, 0.25) is 5.91 Å². The van der Waals surface area contributed by atoms with Crippen LogP contribution in [0.15, 0.2) is 36.4 Å². The van der Waals surface area contributed by atoms with Gasteiger partial charge in [-0.25, -0.2) is 4.39 Å². The number of hydrogen-bond donors (Lipinski definition) is 0. The van der Waals surface area contributed by atoms with E-state index in [-0.39, 0.29) is 16.6 Å². The monoisotopic (exact) mass is 347 g/mol. The van der Waals surface area contributed by atoms with Crippen molar-refractivity contribution in [2.75, 3.05) is 11.9 Å². The fourth-order valence-electron chi connectivity index (χ4n) is 2.61. The first-order chi connectivity index (χ1) is 9.97. The van der Waals surface area contributed by atoms with Crippen molar-refractivity contribution in [1.29, 1.82) is 0 Å². The van der Waals surface area contributed by atoms with Crippen molar-refractivity contribution >= 4 is 27.5 Å². The Morgan fingerprint density at radius 1 is 1.19 bits per heavy atom. The minimum atomic E-state index is -0.201. The molecule has 1 aliphatic rings. The maximum Gasteiger partial charge on any atom is 0.231 e. The quantitative estimate of drug-likeness (QED) is 0.747. The lowest BCUT2D eigenvalue weighted by Gasteiger charge is -2.14. The summed E-state index contributed by atoms with van der Waals surface area (Å²) in [6.07, 6.45) is 0.432. The molecule has 21 heavy (non-hydrogen) atoms. The highest BCUT2D eigenvalue weighted by atomic mass is 79.9. The number of rotatable bonds is 2. The average Bonchev–Trinajstić information content (AvgIpc) is 2.76. The molecule has 3 rings (SSSR count). The fourth-order valence-corrected chi connectivity index (χ4v) is 3.18. The summed E-state index contributed by atoms with van der Waals surface area (Å²) in [6.45, 7) is 1.75. The van der Waals surface area contributed by atoms with E-state index in [1.165, 1.54) is 0 Å². The number of nitrogens with zero attached hydrogens (tertiary/aromatic N) is 1. The Hall–Kier alpha value is -1.68. The van der Waals surface area contributed by atoms with Crippen molar-refractivity contribution in [2.45, 2.75) is 18.2 Å². The van der Waals surface area contributed by atoms with Crippen LogP contribution in [-0.2, 0) is 11.2 Å². The number of carbonyl (C=O) groups excluding carboxylic acids is 1. The number of halogens is 2. The van der Waals surface area contributed by atoms with Crippen molar-refractivity contribution in [3.63, 3.8) is 0 Å². The first-order valence-corrected chi connectivity index (χ1v) is 7.68. The van der Waals surface area contributed by atoms with Gasteiger partial charge < -0.3 is 4.90 Å². The highest BCUT2D eigenvalue weighted by molar-refractivity contribution is 9.09. The van der Waals surface area contributed by atoms with Gasteiger partial charge >= 0.3 is 0 Å². The smallest absolute Gasteiger partial charge is 0.231 e. The highest BCUT2D eigenvalue weighted by Crippen LogP contribution is 2.36. The molecule has 0 N–H and O–H groups in total. The molecule has 0 saturated carbocycles. The first kappa shape index (κ1) is 14.3. The predicted molar refractivity (Wildman–Crippen MR) is 85.5 cm³/mol. The number of likely N-dealkylation sites (N-methyl/N-ethyl adjacent to an activating group) is 1. The largest absolute Gasteiger partial charge is 0.315 e. The lowest BCUT2D eigenvalue weighted by molar-refractivity contribution is -0.117. The molecular weight excluding hydrogens is 333 g/mol. The zero-order valence-electron chi connectivity index (χ0n) is 11.9. The van der Waals surface area contributed by atoms with Crippen LogP contribution in [0.2, 0.25) is 0 Å². The number of fused-ring (bicyclic) bond motifs is 1. The van der Waals surface area contributed by atoms with Crippen LogP contribution in [0.3, 0.4) is 0 Å². The van der Waals surface area contributed by atoms with Crippen LogP contribution in [0.25, 0.3) is 0 Å². The molecule has 0 aliphatic carbocycles. The molecule has 2 nitrogen and oxygen atoms in total. The molecule has 0 saturated heterocycles. The second kappa shape index (κ2) is 5.26. The van der Waals surface area contributed by atoms with E-state index in [2.05, 4.69) is 15.9 Å². The standard InChI is InChI=1S/C17H15BrFNO/c1-10-3-4-12(8-14(10)19)17(18)11-5-6-15-13(7-11)9-16(21)20(15)2/h3-8,17H,9H2,1-2H3. The molecule has 4 heteroatoms. The average molecular weight is 348 g/mol. The summed E-state index contributed by atoms with van der Waals surface area (Å²) in [5.74, 6) is -0.0947. The number of anilines is 1. The second-order valence-electron chi connectivity index (χ2n) is 5.39. The van der Waals surface area contributed by atoms with E-state index in [1.807, 2.05) is 24.3 Å². The predicted octanol–water partition coefficient (Wildman–Crippen LogP) is 4.14. The van der Waals surface area contributed by atoms with Crippen molar-refractivity contribution < 1.29 is 9.18 Å².